The molecule has 2 rings (SSSR count). The number of carbonyl (C=O) groups is 1. The Hall–Kier alpha value is -2.87. The largest absolute Gasteiger partial charge is 0.456 e. The molecule has 0 atom stereocenters. The van der Waals surface area contributed by atoms with E-state index in [9.17, 15) is 10.1 Å². The number of esters is 1. The van der Waals surface area contributed by atoms with E-state index in [1.54, 1.807) is 24.6 Å². The lowest BCUT2D eigenvalue weighted by molar-refractivity contribution is -0.139. The number of nitrogens with zero attached hydrogens (tertiary/aromatic N) is 3. The molecule has 1 aromatic heterocycles. The van der Waals surface area contributed by atoms with Crippen molar-refractivity contribution in [1.82, 2.24) is 9.78 Å². The van der Waals surface area contributed by atoms with Crippen molar-refractivity contribution in [2.24, 2.45) is 0 Å². The van der Waals surface area contributed by atoms with Crippen molar-refractivity contribution >= 4 is 5.97 Å². The quantitative estimate of drug-likeness (QED) is 0.638. The van der Waals surface area contributed by atoms with Gasteiger partial charge in [-0.1, -0.05) is 24.3 Å². The predicted molar refractivity (Wildman–Crippen MR) is 77.6 cm³/mol. The van der Waals surface area contributed by atoms with E-state index in [1.807, 2.05) is 30.3 Å². The van der Waals surface area contributed by atoms with E-state index in [4.69, 9.17) is 4.74 Å². The van der Waals surface area contributed by atoms with Crippen LogP contribution in [0.25, 0.3) is 5.69 Å². The first-order valence-corrected chi connectivity index (χ1v) is 6.50. The number of rotatable bonds is 4. The van der Waals surface area contributed by atoms with Crippen molar-refractivity contribution in [3.05, 3.63) is 59.4 Å². The van der Waals surface area contributed by atoms with Crippen LogP contribution in [0.5, 0.6) is 0 Å². The summed E-state index contributed by atoms with van der Waals surface area (Å²) in [6.45, 7) is 3.50. The zero-order valence-corrected chi connectivity index (χ0v) is 11.9. The number of ether oxygens (including phenoxy) is 1. The van der Waals surface area contributed by atoms with E-state index >= 15 is 0 Å². The van der Waals surface area contributed by atoms with Gasteiger partial charge in [-0.15, -0.1) is 0 Å². The van der Waals surface area contributed by atoms with Crippen LogP contribution in [0, 0.1) is 18.3 Å². The number of carbonyl (C=O) groups excluding carboxylic acids is 1. The number of aromatic nitrogens is 2. The van der Waals surface area contributed by atoms with Gasteiger partial charge in [0.2, 0.25) is 0 Å². The molecule has 5 heteroatoms. The molecule has 1 aromatic carbocycles. The Morgan fingerprint density at radius 1 is 1.43 bits per heavy atom. The SMILES string of the molecule is C/C=C/C(=O)OCc1c(C#N)c(C)nn1-c1ccccc1. The molecule has 0 aliphatic rings. The van der Waals surface area contributed by atoms with Crippen LogP contribution in [0.1, 0.15) is 23.9 Å². The number of aryl methyl sites for hydroxylation is 1. The molecule has 0 spiro atoms. The smallest absolute Gasteiger partial charge is 0.330 e. The van der Waals surface area contributed by atoms with Crippen molar-refractivity contribution < 1.29 is 9.53 Å². The molecule has 0 saturated carbocycles. The van der Waals surface area contributed by atoms with Crippen LogP contribution in [0.2, 0.25) is 0 Å². The molecule has 21 heavy (non-hydrogen) atoms. The summed E-state index contributed by atoms with van der Waals surface area (Å²) in [5.74, 6) is -0.445. The summed E-state index contributed by atoms with van der Waals surface area (Å²) < 4.78 is 6.78. The topological polar surface area (TPSA) is 67.9 Å². The van der Waals surface area contributed by atoms with Crippen LogP contribution in [0.15, 0.2) is 42.5 Å². The lowest BCUT2D eigenvalue weighted by atomic mass is 10.2. The molecule has 0 N–H and O–H groups in total. The Balaban J connectivity index is 2.38. The van der Waals surface area contributed by atoms with Gasteiger partial charge in [-0.2, -0.15) is 10.4 Å². The van der Waals surface area contributed by atoms with Gasteiger partial charge in [-0.3, -0.25) is 0 Å². The standard InChI is InChI=1S/C16H15N3O2/c1-3-7-16(20)21-11-15-14(10-17)12(2)18-19(15)13-8-5-4-6-9-13/h3-9H,11H2,1-2H3/b7-3+. The highest BCUT2D eigenvalue weighted by molar-refractivity contribution is 5.81. The van der Waals surface area contributed by atoms with Gasteiger partial charge >= 0.3 is 5.97 Å². The maximum absolute atomic E-state index is 11.4. The van der Waals surface area contributed by atoms with Gasteiger partial charge in [-0.25, -0.2) is 9.48 Å². The Morgan fingerprint density at radius 3 is 2.76 bits per heavy atom. The Bertz CT molecular complexity index is 709. The number of benzene rings is 1. The number of hydrogen-bond acceptors (Lipinski definition) is 4. The van der Waals surface area contributed by atoms with E-state index in [1.165, 1.54) is 6.08 Å². The van der Waals surface area contributed by atoms with Gasteiger partial charge in [-0.05, 0) is 26.0 Å². The summed E-state index contributed by atoms with van der Waals surface area (Å²) in [5.41, 5.74) is 2.43. The number of para-hydroxylation sites is 1. The Morgan fingerprint density at radius 2 is 2.14 bits per heavy atom. The fourth-order valence-electron chi connectivity index (χ4n) is 1.96. The normalized spacial score (nSPS) is 10.5. The van der Waals surface area contributed by atoms with E-state index < -0.39 is 5.97 Å². The monoisotopic (exact) mass is 281 g/mol. The Labute approximate surface area is 123 Å². The van der Waals surface area contributed by atoms with Gasteiger partial charge in [0.05, 0.1) is 17.1 Å². The van der Waals surface area contributed by atoms with Crippen molar-refractivity contribution in [2.75, 3.05) is 0 Å². The highest BCUT2D eigenvalue weighted by Crippen LogP contribution is 2.18. The van der Waals surface area contributed by atoms with E-state index in [0.717, 1.165) is 5.69 Å². The average Bonchev–Trinajstić information content (AvgIpc) is 2.82. The van der Waals surface area contributed by atoms with Crippen LogP contribution >= 0.6 is 0 Å². The third kappa shape index (κ3) is 3.18. The third-order valence-corrected chi connectivity index (χ3v) is 2.92. The van der Waals surface area contributed by atoms with E-state index in [0.29, 0.717) is 17.0 Å². The third-order valence-electron chi connectivity index (χ3n) is 2.92. The van der Waals surface area contributed by atoms with Gasteiger partial charge < -0.3 is 4.74 Å². The average molecular weight is 281 g/mol. The van der Waals surface area contributed by atoms with Crippen LogP contribution in [0.4, 0.5) is 0 Å². The first-order valence-electron chi connectivity index (χ1n) is 6.50. The first-order chi connectivity index (χ1) is 10.2. The molecule has 1 heterocycles. The van der Waals surface area contributed by atoms with E-state index in [2.05, 4.69) is 11.2 Å². The minimum atomic E-state index is -0.445. The fourth-order valence-corrected chi connectivity index (χ4v) is 1.96. The molecule has 0 bridgehead atoms. The molecule has 106 valence electrons. The molecule has 2 aromatic rings. The maximum Gasteiger partial charge on any atom is 0.330 e. The summed E-state index contributed by atoms with van der Waals surface area (Å²) >= 11 is 0. The minimum absolute atomic E-state index is 0.00179. The zero-order valence-electron chi connectivity index (χ0n) is 11.9. The molecular formula is C16H15N3O2. The number of hydrogen-bond donors (Lipinski definition) is 0. The number of allylic oxidation sites excluding steroid dienone is 1. The summed E-state index contributed by atoms with van der Waals surface area (Å²) in [7, 11) is 0. The van der Waals surface area contributed by atoms with Gasteiger partial charge in [0, 0.05) is 6.08 Å². The second kappa shape index (κ2) is 6.53. The predicted octanol–water partition coefficient (Wildman–Crippen LogP) is 2.67. The lowest BCUT2D eigenvalue weighted by Gasteiger charge is -2.07. The second-order valence-electron chi connectivity index (χ2n) is 4.37. The van der Waals surface area contributed by atoms with Gasteiger partial charge in [0.25, 0.3) is 0 Å². The van der Waals surface area contributed by atoms with Crippen LogP contribution < -0.4 is 0 Å². The van der Waals surface area contributed by atoms with Crippen molar-refractivity contribution in [1.29, 1.82) is 5.26 Å². The van der Waals surface area contributed by atoms with Gasteiger partial charge in [0.15, 0.2) is 0 Å². The highest BCUT2D eigenvalue weighted by atomic mass is 16.5. The van der Waals surface area contributed by atoms with Crippen molar-refractivity contribution in [3.63, 3.8) is 0 Å². The molecule has 0 aliphatic carbocycles. The first kappa shape index (κ1) is 14.5. The Kier molecular flexibility index (Phi) is 4.52. The summed E-state index contributed by atoms with van der Waals surface area (Å²) in [6, 6.07) is 11.5. The highest BCUT2D eigenvalue weighted by Gasteiger charge is 2.17. The molecule has 0 fully saturated rings. The molecule has 0 radical (unpaired) electrons. The fraction of sp³-hybridized carbons (Fsp3) is 0.188. The summed E-state index contributed by atoms with van der Waals surface area (Å²) in [5, 5.41) is 13.6. The summed E-state index contributed by atoms with van der Waals surface area (Å²) in [4.78, 5) is 11.4. The lowest BCUT2D eigenvalue weighted by Crippen LogP contribution is -2.08. The minimum Gasteiger partial charge on any atom is -0.456 e. The van der Waals surface area contributed by atoms with Crippen LogP contribution in [-0.4, -0.2) is 15.7 Å². The molecule has 5 nitrogen and oxygen atoms in total. The molecular weight excluding hydrogens is 266 g/mol. The molecule has 0 unspecified atom stereocenters. The zero-order chi connectivity index (χ0) is 15.2. The van der Waals surface area contributed by atoms with Crippen LogP contribution in [-0.2, 0) is 16.1 Å². The second-order valence-corrected chi connectivity index (χ2v) is 4.37. The van der Waals surface area contributed by atoms with Crippen molar-refractivity contribution in [3.8, 4) is 11.8 Å². The van der Waals surface area contributed by atoms with Crippen LogP contribution in [0.3, 0.4) is 0 Å². The summed E-state index contributed by atoms with van der Waals surface area (Å²) in [6.07, 6.45) is 2.94. The maximum atomic E-state index is 11.4. The molecule has 0 aliphatic heterocycles. The van der Waals surface area contributed by atoms with Crippen molar-refractivity contribution in [2.45, 2.75) is 20.5 Å². The molecule has 0 amide bonds. The van der Waals surface area contributed by atoms with Gasteiger partial charge in [0.1, 0.15) is 18.2 Å². The van der Waals surface area contributed by atoms with E-state index in [-0.39, 0.29) is 6.61 Å². The molecule has 0 saturated heterocycles. The number of nitriles is 1.